The van der Waals surface area contributed by atoms with Gasteiger partial charge in [0.05, 0.1) is 0 Å². The van der Waals surface area contributed by atoms with Gasteiger partial charge in [-0.3, -0.25) is 4.79 Å². The highest BCUT2D eigenvalue weighted by molar-refractivity contribution is 5.73. The minimum absolute atomic E-state index is 0.123. The van der Waals surface area contributed by atoms with Gasteiger partial charge in [0.2, 0.25) is 0 Å². The molecule has 5 heteroatoms. The van der Waals surface area contributed by atoms with Gasteiger partial charge in [-0.15, -0.1) is 0 Å². The molecule has 2 amide bonds. The van der Waals surface area contributed by atoms with Crippen molar-refractivity contribution in [3.05, 3.63) is 0 Å². The van der Waals surface area contributed by atoms with Crippen LogP contribution >= 0.6 is 0 Å². The van der Waals surface area contributed by atoms with Crippen LogP contribution in [0.3, 0.4) is 0 Å². The van der Waals surface area contributed by atoms with Gasteiger partial charge in [-0.25, -0.2) is 4.79 Å². The van der Waals surface area contributed by atoms with Crippen molar-refractivity contribution < 1.29 is 14.7 Å². The average molecular weight is 272 g/mol. The van der Waals surface area contributed by atoms with E-state index in [2.05, 4.69) is 17.6 Å². The van der Waals surface area contributed by atoms with Gasteiger partial charge in [0.1, 0.15) is 0 Å². The molecule has 112 valence electrons. The molecule has 0 bridgehead atoms. The van der Waals surface area contributed by atoms with Gasteiger partial charge >= 0.3 is 12.0 Å². The standard InChI is InChI=1S/C14H28N2O3/c1-3-4-5-6-10-15-14(19)16-11-9-12(2)7-8-13(17)18/h12H,3-11H2,1-2H3,(H,17,18)(H2,15,16,19). The Balaban J connectivity index is 3.39. The van der Waals surface area contributed by atoms with Crippen molar-refractivity contribution in [1.82, 2.24) is 10.6 Å². The average Bonchev–Trinajstić information content (AvgIpc) is 2.36. The molecular weight excluding hydrogens is 244 g/mol. The monoisotopic (exact) mass is 272 g/mol. The molecule has 0 heterocycles. The van der Waals surface area contributed by atoms with Gasteiger partial charge in [-0.05, 0) is 25.2 Å². The second-order valence-corrected chi connectivity index (χ2v) is 5.07. The largest absolute Gasteiger partial charge is 0.481 e. The summed E-state index contributed by atoms with van der Waals surface area (Å²) in [6, 6.07) is -0.123. The summed E-state index contributed by atoms with van der Waals surface area (Å²) in [5, 5.41) is 14.2. The van der Waals surface area contributed by atoms with E-state index in [1.54, 1.807) is 0 Å². The molecule has 0 saturated heterocycles. The first-order valence-corrected chi connectivity index (χ1v) is 7.29. The Labute approximate surface area is 116 Å². The number of hydrogen-bond donors (Lipinski definition) is 3. The molecule has 0 rings (SSSR count). The second-order valence-electron chi connectivity index (χ2n) is 5.07. The Morgan fingerprint density at radius 1 is 1.05 bits per heavy atom. The highest BCUT2D eigenvalue weighted by atomic mass is 16.4. The Morgan fingerprint density at radius 2 is 1.74 bits per heavy atom. The fraction of sp³-hybridized carbons (Fsp3) is 0.857. The molecule has 0 aliphatic rings. The number of carboxylic acid groups (broad SMARTS) is 1. The molecule has 0 aromatic rings. The zero-order valence-electron chi connectivity index (χ0n) is 12.2. The lowest BCUT2D eigenvalue weighted by Crippen LogP contribution is -2.36. The highest BCUT2D eigenvalue weighted by Gasteiger charge is 2.06. The van der Waals surface area contributed by atoms with E-state index in [4.69, 9.17) is 5.11 Å². The van der Waals surface area contributed by atoms with E-state index in [0.717, 1.165) is 25.8 Å². The molecule has 0 spiro atoms. The normalized spacial score (nSPS) is 11.9. The van der Waals surface area contributed by atoms with E-state index >= 15 is 0 Å². The number of hydrogen-bond acceptors (Lipinski definition) is 2. The second kappa shape index (κ2) is 11.8. The summed E-state index contributed by atoms with van der Waals surface area (Å²) < 4.78 is 0. The van der Waals surface area contributed by atoms with Crippen LogP contribution in [-0.2, 0) is 4.79 Å². The number of aliphatic carboxylic acids is 1. The van der Waals surface area contributed by atoms with Crippen molar-refractivity contribution >= 4 is 12.0 Å². The minimum Gasteiger partial charge on any atom is -0.481 e. The van der Waals surface area contributed by atoms with Crippen LogP contribution in [0.25, 0.3) is 0 Å². The number of carboxylic acids is 1. The van der Waals surface area contributed by atoms with Gasteiger partial charge in [-0.1, -0.05) is 33.1 Å². The molecule has 0 aromatic carbocycles. The van der Waals surface area contributed by atoms with Crippen molar-refractivity contribution in [2.45, 2.75) is 58.8 Å². The summed E-state index contributed by atoms with van der Waals surface area (Å²) in [7, 11) is 0. The predicted octanol–water partition coefficient (Wildman–Crippen LogP) is 2.76. The lowest BCUT2D eigenvalue weighted by Gasteiger charge is -2.11. The van der Waals surface area contributed by atoms with Crippen LogP contribution in [0.1, 0.15) is 58.8 Å². The van der Waals surface area contributed by atoms with E-state index in [1.807, 2.05) is 6.92 Å². The zero-order valence-corrected chi connectivity index (χ0v) is 12.2. The Kier molecular flexibility index (Phi) is 11.0. The van der Waals surface area contributed by atoms with E-state index in [-0.39, 0.29) is 12.5 Å². The summed E-state index contributed by atoms with van der Waals surface area (Å²) in [5.41, 5.74) is 0. The summed E-state index contributed by atoms with van der Waals surface area (Å²) in [4.78, 5) is 21.8. The smallest absolute Gasteiger partial charge is 0.314 e. The first-order valence-electron chi connectivity index (χ1n) is 7.29. The fourth-order valence-corrected chi connectivity index (χ4v) is 1.76. The van der Waals surface area contributed by atoms with E-state index < -0.39 is 5.97 Å². The topological polar surface area (TPSA) is 78.4 Å². The van der Waals surface area contributed by atoms with Crippen molar-refractivity contribution in [2.75, 3.05) is 13.1 Å². The third-order valence-electron chi connectivity index (χ3n) is 3.09. The minimum atomic E-state index is -0.760. The Morgan fingerprint density at radius 3 is 2.37 bits per heavy atom. The Bertz CT molecular complexity index is 257. The third-order valence-corrected chi connectivity index (χ3v) is 3.09. The van der Waals surface area contributed by atoms with Crippen LogP contribution in [0.5, 0.6) is 0 Å². The first-order chi connectivity index (χ1) is 9.06. The quantitative estimate of drug-likeness (QED) is 0.506. The molecule has 0 aliphatic heterocycles. The number of unbranched alkanes of at least 4 members (excludes halogenated alkanes) is 3. The van der Waals surface area contributed by atoms with Gasteiger partial charge in [0.15, 0.2) is 0 Å². The number of amides is 2. The number of urea groups is 1. The SMILES string of the molecule is CCCCCCNC(=O)NCCC(C)CCC(=O)O. The van der Waals surface area contributed by atoms with Gasteiger partial charge in [0, 0.05) is 19.5 Å². The number of carbonyl (C=O) groups is 2. The van der Waals surface area contributed by atoms with E-state index in [1.165, 1.54) is 12.8 Å². The summed E-state index contributed by atoms with van der Waals surface area (Å²) in [5.74, 6) is -0.439. The van der Waals surface area contributed by atoms with Crippen molar-refractivity contribution in [3.8, 4) is 0 Å². The van der Waals surface area contributed by atoms with Crippen molar-refractivity contribution in [3.63, 3.8) is 0 Å². The maximum absolute atomic E-state index is 11.4. The molecular formula is C14H28N2O3. The van der Waals surface area contributed by atoms with Crippen molar-refractivity contribution in [2.24, 2.45) is 5.92 Å². The molecule has 5 nitrogen and oxygen atoms in total. The lowest BCUT2D eigenvalue weighted by atomic mass is 10.0. The summed E-state index contributed by atoms with van der Waals surface area (Å²) >= 11 is 0. The first kappa shape index (κ1) is 17.7. The molecule has 0 saturated carbocycles. The molecule has 1 unspecified atom stereocenters. The van der Waals surface area contributed by atoms with Crippen molar-refractivity contribution in [1.29, 1.82) is 0 Å². The van der Waals surface area contributed by atoms with E-state index in [0.29, 0.717) is 18.9 Å². The van der Waals surface area contributed by atoms with Gasteiger partial charge in [-0.2, -0.15) is 0 Å². The molecule has 0 aliphatic carbocycles. The van der Waals surface area contributed by atoms with Crippen LogP contribution in [0.4, 0.5) is 4.79 Å². The summed E-state index contributed by atoms with van der Waals surface area (Å²) in [6.45, 7) is 5.49. The third kappa shape index (κ3) is 13.0. The predicted molar refractivity (Wildman–Crippen MR) is 76.2 cm³/mol. The Hall–Kier alpha value is -1.26. The number of rotatable bonds is 11. The van der Waals surface area contributed by atoms with Gasteiger partial charge < -0.3 is 15.7 Å². The van der Waals surface area contributed by atoms with E-state index in [9.17, 15) is 9.59 Å². The maximum atomic E-state index is 11.4. The number of carbonyl (C=O) groups excluding carboxylic acids is 1. The fourth-order valence-electron chi connectivity index (χ4n) is 1.76. The molecule has 0 aromatic heterocycles. The summed E-state index contributed by atoms with van der Waals surface area (Å²) in [6.07, 6.45) is 6.26. The highest BCUT2D eigenvalue weighted by Crippen LogP contribution is 2.08. The van der Waals surface area contributed by atoms with Crippen LogP contribution in [0.2, 0.25) is 0 Å². The van der Waals surface area contributed by atoms with Crippen LogP contribution in [0, 0.1) is 5.92 Å². The maximum Gasteiger partial charge on any atom is 0.314 e. The van der Waals surface area contributed by atoms with Crippen LogP contribution in [0.15, 0.2) is 0 Å². The lowest BCUT2D eigenvalue weighted by molar-refractivity contribution is -0.137. The van der Waals surface area contributed by atoms with Gasteiger partial charge in [0.25, 0.3) is 0 Å². The zero-order chi connectivity index (χ0) is 14.5. The van der Waals surface area contributed by atoms with Crippen LogP contribution in [-0.4, -0.2) is 30.2 Å². The molecule has 0 fully saturated rings. The number of nitrogens with one attached hydrogen (secondary N) is 2. The van der Waals surface area contributed by atoms with Crippen LogP contribution < -0.4 is 10.6 Å². The molecule has 0 radical (unpaired) electrons. The molecule has 1 atom stereocenters. The molecule has 3 N–H and O–H groups in total. The molecule has 19 heavy (non-hydrogen) atoms.